The molecule has 0 amide bonds. The van der Waals surface area contributed by atoms with E-state index in [4.69, 9.17) is 9.47 Å². The lowest BCUT2D eigenvalue weighted by atomic mass is 9.88. The Balaban J connectivity index is 1.91. The van der Waals surface area contributed by atoms with Crippen LogP contribution in [0.2, 0.25) is 0 Å². The molecule has 2 heterocycles. The zero-order valence-corrected chi connectivity index (χ0v) is 18.0. The van der Waals surface area contributed by atoms with Crippen molar-refractivity contribution in [2.45, 2.75) is 52.2 Å². The van der Waals surface area contributed by atoms with Gasteiger partial charge in [-0.1, -0.05) is 11.6 Å². The highest BCUT2D eigenvalue weighted by Crippen LogP contribution is 2.51. The Kier molecular flexibility index (Phi) is 4.96. The molecule has 1 atom stereocenters. The van der Waals surface area contributed by atoms with E-state index in [1.165, 1.54) is 18.2 Å². The number of benzene rings is 2. The molecule has 0 aromatic heterocycles. The van der Waals surface area contributed by atoms with E-state index in [9.17, 15) is 20.1 Å². The number of fused-ring (bicyclic) bond motifs is 2. The SMILES string of the molecule is CC(C)=CCc1c2c(c(O)c3c1OC(c1cc(O)cc(O)c1)CC3=O)C=CC(C)(C)O2. The number of rotatable bonds is 3. The van der Waals surface area contributed by atoms with Crippen molar-refractivity contribution in [3.8, 4) is 28.7 Å². The molecular formula is C25H26O6. The summed E-state index contributed by atoms with van der Waals surface area (Å²) in [6.07, 6.45) is 5.36. The first-order valence-electron chi connectivity index (χ1n) is 10.2. The monoisotopic (exact) mass is 422 g/mol. The zero-order valence-electron chi connectivity index (χ0n) is 18.0. The molecule has 1 unspecified atom stereocenters. The van der Waals surface area contributed by atoms with Gasteiger partial charge < -0.3 is 24.8 Å². The lowest BCUT2D eigenvalue weighted by Crippen LogP contribution is -2.29. The predicted molar refractivity (Wildman–Crippen MR) is 117 cm³/mol. The predicted octanol–water partition coefficient (Wildman–Crippen LogP) is 5.20. The summed E-state index contributed by atoms with van der Waals surface area (Å²) < 4.78 is 12.4. The van der Waals surface area contributed by atoms with Gasteiger partial charge in [-0.3, -0.25) is 4.79 Å². The first-order chi connectivity index (χ1) is 14.6. The van der Waals surface area contributed by atoms with E-state index in [-0.39, 0.29) is 40.8 Å². The molecule has 6 heteroatoms. The van der Waals surface area contributed by atoms with Crippen LogP contribution >= 0.6 is 0 Å². The lowest BCUT2D eigenvalue weighted by Gasteiger charge is -2.34. The number of aromatic hydroxyl groups is 3. The molecule has 2 aliphatic rings. The summed E-state index contributed by atoms with van der Waals surface area (Å²) in [5, 5.41) is 30.7. The number of hydrogen-bond acceptors (Lipinski definition) is 6. The molecule has 2 aromatic rings. The molecular weight excluding hydrogens is 396 g/mol. The van der Waals surface area contributed by atoms with Gasteiger partial charge in [0.25, 0.3) is 0 Å². The normalized spacial score (nSPS) is 18.5. The van der Waals surface area contributed by atoms with Crippen LogP contribution in [-0.4, -0.2) is 26.7 Å². The van der Waals surface area contributed by atoms with Crippen LogP contribution < -0.4 is 9.47 Å². The zero-order chi connectivity index (χ0) is 22.5. The van der Waals surface area contributed by atoms with E-state index >= 15 is 0 Å². The van der Waals surface area contributed by atoms with E-state index in [0.717, 1.165) is 5.57 Å². The molecule has 0 fully saturated rings. The van der Waals surface area contributed by atoms with Crippen molar-refractivity contribution in [1.82, 2.24) is 0 Å². The van der Waals surface area contributed by atoms with Crippen molar-refractivity contribution in [2.24, 2.45) is 0 Å². The molecule has 31 heavy (non-hydrogen) atoms. The van der Waals surface area contributed by atoms with E-state index < -0.39 is 11.7 Å². The van der Waals surface area contributed by atoms with Gasteiger partial charge in [-0.15, -0.1) is 0 Å². The maximum absolute atomic E-state index is 13.1. The first-order valence-corrected chi connectivity index (χ1v) is 10.2. The first kappa shape index (κ1) is 20.8. The molecule has 2 aliphatic heterocycles. The molecule has 0 bridgehead atoms. The molecule has 0 radical (unpaired) electrons. The van der Waals surface area contributed by atoms with Crippen molar-refractivity contribution in [3.63, 3.8) is 0 Å². The van der Waals surface area contributed by atoms with Gasteiger partial charge >= 0.3 is 0 Å². The molecule has 0 saturated heterocycles. The van der Waals surface area contributed by atoms with Crippen LogP contribution in [0.3, 0.4) is 0 Å². The fourth-order valence-corrected chi connectivity index (χ4v) is 3.94. The fourth-order valence-electron chi connectivity index (χ4n) is 3.94. The summed E-state index contributed by atoms with van der Waals surface area (Å²) in [6.45, 7) is 7.79. The number of carbonyl (C=O) groups is 1. The summed E-state index contributed by atoms with van der Waals surface area (Å²) >= 11 is 0. The molecule has 162 valence electrons. The molecule has 4 rings (SSSR count). The molecule has 2 aromatic carbocycles. The number of ketones is 1. The van der Waals surface area contributed by atoms with Gasteiger partial charge in [0, 0.05) is 17.2 Å². The third-order valence-electron chi connectivity index (χ3n) is 5.45. The smallest absolute Gasteiger partial charge is 0.174 e. The van der Waals surface area contributed by atoms with Crippen molar-refractivity contribution in [3.05, 3.63) is 58.2 Å². The Morgan fingerprint density at radius 2 is 1.81 bits per heavy atom. The van der Waals surface area contributed by atoms with E-state index in [1.807, 2.05) is 39.8 Å². The van der Waals surface area contributed by atoms with Gasteiger partial charge in [-0.2, -0.15) is 0 Å². The minimum absolute atomic E-state index is 0.0274. The molecule has 0 spiro atoms. The van der Waals surface area contributed by atoms with Crippen molar-refractivity contribution in [2.75, 3.05) is 0 Å². The summed E-state index contributed by atoms with van der Waals surface area (Å²) in [5.41, 5.74) is 2.29. The van der Waals surface area contributed by atoms with Crippen LogP contribution in [0.25, 0.3) is 6.08 Å². The van der Waals surface area contributed by atoms with E-state index in [2.05, 4.69) is 0 Å². The molecule has 3 N–H and O–H groups in total. The summed E-state index contributed by atoms with van der Waals surface area (Å²) in [4.78, 5) is 13.1. The van der Waals surface area contributed by atoms with E-state index in [1.54, 1.807) is 6.08 Å². The third-order valence-corrected chi connectivity index (χ3v) is 5.45. The van der Waals surface area contributed by atoms with Crippen LogP contribution in [0, 0.1) is 0 Å². The molecule has 6 nitrogen and oxygen atoms in total. The van der Waals surface area contributed by atoms with Crippen molar-refractivity contribution >= 4 is 11.9 Å². The second-order valence-corrected chi connectivity index (χ2v) is 8.82. The van der Waals surface area contributed by atoms with Gasteiger partial charge in [0.15, 0.2) is 5.78 Å². The Labute approximate surface area is 181 Å². The quantitative estimate of drug-likeness (QED) is 0.588. The minimum Gasteiger partial charge on any atom is -0.508 e. The highest BCUT2D eigenvalue weighted by molar-refractivity contribution is 6.05. The van der Waals surface area contributed by atoms with Crippen LogP contribution in [0.15, 0.2) is 35.9 Å². The number of allylic oxidation sites excluding steroid dienone is 2. The van der Waals surface area contributed by atoms with Crippen LogP contribution in [0.1, 0.15) is 67.3 Å². The third kappa shape index (κ3) is 3.85. The summed E-state index contributed by atoms with van der Waals surface area (Å²) in [6, 6.07) is 4.13. The highest BCUT2D eigenvalue weighted by atomic mass is 16.5. The van der Waals surface area contributed by atoms with Gasteiger partial charge in [0.2, 0.25) is 0 Å². The second kappa shape index (κ2) is 7.38. The number of phenols is 3. The highest BCUT2D eigenvalue weighted by Gasteiger charge is 2.38. The Bertz CT molecular complexity index is 1120. The lowest BCUT2D eigenvalue weighted by molar-refractivity contribution is 0.0838. The molecule has 0 aliphatic carbocycles. The van der Waals surface area contributed by atoms with Crippen molar-refractivity contribution in [1.29, 1.82) is 0 Å². The van der Waals surface area contributed by atoms with Crippen LogP contribution in [0.5, 0.6) is 28.7 Å². The molecule has 0 saturated carbocycles. The van der Waals surface area contributed by atoms with Crippen molar-refractivity contribution < 1.29 is 29.6 Å². The summed E-state index contributed by atoms with van der Waals surface area (Å²) in [5.74, 6) is 0.110. The van der Waals surface area contributed by atoms with Gasteiger partial charge in [-0.05, 0) is 58.4 Å². The Morgan fingerprint density at radius 3 is 2.45 bits per heavy atom. The topological polar surface area (TPSA) is 96.2 Å². The average molecular weight is 422 g/mol. The number of phenolic OH excluding ortho intramolecular Hbond substituents is 3. The second-order valence-electron chi connectivity index (χ2n) is 8.82. The Morgan fingerprint density at radius 1 is 1.13 bits per heavy atom. The average Bonchev–Trinajstić information content (AvgIpc) is 2.65. The Hall–Kier alpha value is -3.41. The number of Topliss-reactive ketones (excluding diaryl/α,β-unsaturated/α-hetero) is 1. The number of hydrogen-bond donors (Lipinski definition) is 3. The van der Waals surface area contributed by atoms with Gasteiger partial charge in [0.05, 0.1) is 12.0 Å². The van der Waals surface area contributed by atoms with Gasteiger partial charge in [0.1, 0.15) is 46.0 Å². The standard InChI is InChI=1S/C25H26O6/c1-13(2)5-6-18-23-17(7-8-25(3,4)31-23)22(29)21-19(28)12-20(30-24(18)21)14-9-15(26)11-16(27)10-14/h5,7-11,20,26-27,29H,6,12H2,1-4H3. The number of carbonyl (C=O) groups excluding carboxylic acids is 1. The maximum atomic E-state index is 13.1. The largest absolute Gasteiger partial charge is 0.508 e. The number of ether oxygens (including phenoxy) is 2. The minimum atomic E-state index is -0.715. The summed E-state index contributed by atoms with van der Waals surface area (Å²) in [7, 11) is 0. The van der Waals surface area contributed by atoms with Gasteiger partial charge in [-0.25, -0.2) is 0 Å². The van der Waals surface area contributed by atoms with Crippen LogP contribution in [-0.2, 0) is 6.42 Å². The maximum Gasteiger partial charge on any atom is 0.174 e. The van der Waals surface area contributed by atoms with E-state index in [0.29, 0.717) is 28.9 Å². The van der Waals surface area contributed by atoms with Crippen LogP contribution in [0.4, 0.5) is 0 Å². The fraction of sp³-hybridized carbons (Fsp3) is 0.320.